The summed E-state index contributed by atoms with van der Waals surface area (Å²) in [6, 6.07) is 11.4. The van der Waals surface area contributed by atoms with Gasteiger partial charge in [-0.3, -0.25) is 4.90 Å². The molecule has 2 aromatic carbocycles. The van der Waals surface area contributed by atoms with E-state index in [2.05, 4.69) is 39.8 Å². The first-order chi connectivity index (χ1) is 15.4. The van der Waals surface area contributed by atoms with Crippen LogP contribution >= 0.6 is 0 Å². The number of halogens is 4. The average molecular weight is 467 g/mol. The van der Waals surface area contributed by atoms with Gasteiger partial charge in [0.15, 0.2) is 0 Å². The molecule has 0 amide bonds. The molecule has 6 heteroatoms. The fourth-order valence-electron chi connectivity index (χ4n) is 4.37. The zero-order valence-electron chi connectivity index (χ0n) is 20.7. The summed E-state index contributed by atoms with van der Waals surface area (Å²) in [6.45, 7) is 9.57. The second-order valence-electron chi connectivity index (χ2n) is 10.1. The third-order valence-electron chi connectivity index (χ3n) is 5.64. The predicted octanol–water partition coefficient (Wildman–Crippen LogP) is 7.02. The lowest BCUT2D eigenvalue weighted by Gasteiger charge is -2.35. The Morgan fingerprint density at radius 3 is 2.06 bits per heavy atom. The van der Waals surface area contributed by atoms with Gasteiger partial charge in [-0.05, 0) is 62.0 Å². The molecule has 0 saturated heterocycles. The van der Waals surface area contributed by atoms with E-state index in [1.54, 1.807) is 0 Å². The topological polar surface area (TPSA) is 6.48 Å². The van der Waals surface area contributed by atoms with Gasteiger partial charge < -0.3 is 4.90 Å². The molecule has 0 heterocycles. The highest BCUT2D eigenvalue weighted by molar-refractivity contribution is 5.31. The van der Waals surface area contributed by atoms with Crippen molar-refractivity contribution in [3.8, 4) is 0 Å². The summed E-state index contributed by atoms with van der Waals surface area (Å²) in [5, 5.41) is 0. The largest absolute Gasteiger partial charge is 0.416 e. The first kappa shape index (κ1) is 27.3. The van der Waals surface area contributed by atoms with Crippen LogP contribution in [-0.2, 0) is 25.7 Å². The van der Waals surface area contributed by atoms with E-state index in [1.807, 2.05) is 36.0 Å². The maximum absolute atomic E-state index is 14.7. The SMILES string of the molecule is CC(C)Cc1cccc(CN(Cc2c(F)cccc2C(F)(F)F)[C@@H](CC(C)C)CN(C)C)c1. The third kappa shape index (κ3) is 8.74. The molecule has 0 aliphatic carbocycles. The molecule has 184 valence electrons. The standard InChI is InChI=1S/C27H38F4N2/c1-19(2)13-21-9-7-10-22(15-21)16-33(23(14-20(3)4)17-32(5)6)18-24-25(27(29,30)31)11-8-12-26(24)28/h7-12,15,19-20,23H,13-14,16-18H2,1-6H3/t23-/m0/s1. The van der Waals surface area contributed by atoms with Crippen molar-refractivity contribution in [1.29, 1.82) is 0 Å². The minimum atomic E-state index is -4.60. The van der Waals surface area contributed by atoms with Gasteiger partial charge in [0.25, 0.3) is 0 Å². The highest BCUT2D eigenvalue weighted by Gasteiger charge is 2.35. The molecule has 2 rings (SSSR count). The molecule has 0 aromatic heterocycles. The number of hydrogen-bond acceptors (Lipinski definition) is 2. The van der Waals surface area contributed by atoms with Crippen LogP contribution in [0.5, 0.6) is 0 Å². The van der Waals surface area contributed by atoms with Crippen LogP contribution < -0.4 is 0 Å². The molecule has 0 bridgehead atoms. The highest BCUT2D eigenvalue weighted by Crippen LogP contribution is 2.34. The normalized spacial score (nSPS) is 13.5. The molecule has 0 fully saturated rings. The van der Waals surface area contributed by atoms with Gasteiger partial charge >= 0.3 is 6.18 Å². The summed E-state index contributed by atoms with van der Waals surface area (Å²) >= 11 is 0. The maximum atomic E-state index is 14.7. The van der Waals surface area contributed by atoms with Crippen LogP contribution in [0.3, 0.4) is 0 Å². The van der Waals surface area contributed by atoms with Crippen LogP contribution in [0.2, 0.25) is 0 Å². The van der Waals surface area contributed by atoms with E-state index in [1.165, 1.54) is 5.56 Å². The van der Waals surface area contributed by atoms with Gasteiger partial charge in [0.2, 0.25) is 0 Å². The van der Waals surface area contributed by atoms with Gasteiger partial charge in [0, 0.05) is 31.2 Å². The molecular formula is C27H38F4N2. The van der Waals surface area contributed by atoms with Gasteiger partial charge in [0.1, 0.15) is 5.82 Å². The second-order valence-corrected chi connectivity index (χ2v) is 10.1. The van der Waals surface area contributed by atoms with Crippen LogP contribution in [0, 0.1) is 17.7 Å². The Morgan fingerprint density at radius 1 is 0.848 bits per heavy atom. The first-order valence-corrected chi connectivity index (χ1v) is 11.7. The molecular weight excluding hydrogens is 428 g/mol. The lowest BCUT2D eigenvalue weighted by molar-refractivity contribution is -0.138. The fraction of sp³-hybridized carbons (Fsp3) is 0.556. The van der Waals surface area contributed by atoms with Crippen LogP contribution in [0.15, 0.2) is 42.5 Å². The van der Waals surface area contributed by atoms with Gasteiger partial charge in [-0.25, -0.2) is 4.39 Å². The maximum Gasteiger partial charge on any atom is 0.416 e. The molecule has 0 saturated carbocycles. The van der Waals surface area contributed by atoms with E-state index in [-0.39, 0.29) is 18.2 Å². The molecule has 0 N–H and O–H groups in total. The zero-order chi connectivity index (χ0) is 24.8. The number of hydrogen-bond donors (Lipinski definition) is 0. The Bertz CT molecular complexity index is 865. The quantitative estimate of drug-likeness (QED) is 0.328. The van der Waals surface area contributed by atoms with Crippen molar-refractivity contribution in [1.82, 2.24) is 9.80 Å². The third-order valence-corrected chi connectivity index (χ3v) is 5.64. The van der Waals surface area contributed by atoms with Gasteiger partial charge in [0.05, 0.1) is 5.56 Å². The molecule has 0 spiro atoms. The molecule has 0 aliphatic rings. The first-order valence-electron chi connectivity index (χ1n) is 11.7. The summed E-state index contributed by atoms with van der Waals surface area (Å²) in [5.74, 6) is 0.0514. The van der Waals surface area contributed by atoms with Crippen molar-refractivity contribution in [2.45, 2.75) is 65.8 Å². The van der Waals surface area contributed by atoms with E-state index in [0.29, 0.717) is 24.9 Å². The van der Waals surface area contributed by atoms with Gasteiger partial charge in [-0.1, -0.05) is 58.0 Å². The molecule has 1 atom stereocenters. The summed E-state index contributed by atoms with van der Waals surface area (Å²) < 4.78 is 55.9. The molecule has 0 aliphatic heterocycles. The molecule has 0 unspecified atom stereocenters. The van der Waals surface area contributed by atoms with E-state index in [0.717, 1.165) is 36.6 Å². The fourth-order valence-corrected chi connectivity index (χ4v) is 4.37. The van der Waals surface area contributed by atoms with Crippen LogP contribution in [0.4, 0.5) is 17.6 Å². The highest BCUT2D eigenvalue weighted by atomic mass is 19.4. The van der Waals surface area contributed by atoms with Crippen molar-refractivity contribution in [2.75, 3.05) is 20.6 Å². The summed E-state index contributed by atoms with van der Waals surface area (Å²) in [7, 11) is 3.91. The van der Waals surface area contributed by atoms with E-state index in [9.17, 15) is 17.6 Å². The minimum absolute atomic E-state index is 0.0190. The molecule has 0 radical (unpaired) electrons. The zero-order valence-corrected chi connectivity index (χ0v) is 20.7. The van der Waals surface area contributed by atoms with Crippen molar-refractivity contribution in [3.05, 3.63) is 70.5 Å². The van der Waals surface area contributed by atoms with Crippen molar-refractivity contribution in [2.24, 2.45) is 11.8 Å². The molecule has 2 aromatic rings. The number of benzene rings is 2. The van der Waals surface area contributed by atoms with Gasteiger partial charge in [-0.15, -0.1) is 0 Å². The summed E-state index contributed by atoms with van der Waals surface area (Å²) in [5.41, 5.74) is 1.06. The predicted molar refractivity (Wildman–Crippen MR) is 127 cm³/mol. The van der Waals surface area contributed by atoms with E-state index in [4.69, 9.17) is 0 Å². The lowest BCUT2D eigenvalue weighted by Crippen LogP contribution is -2.42. The number of nitrogens with zero attached hydrogens (tertiary/aromatic N) is 2. The molecule has 33 heavy (non-hydrogen) atoms. The molecule has 2 nitrogen and oxygen atoms in total. The summed E-state index contributed by atoms with van der Waals surface area (Å²) in [6.07, 6.45) is -2.86. The number of likely N-dealkylation sites (N-methyl/N-ethyl adjacent to an activating group) is 1. The number of alkyl halides is 3. The van der Waals surface area contributed by atoms with Crippen molar-refractivity contribution >= 4 is 0 Å². The Kier molecular flexibility index (Phi) is 9.92. The van der Waals surface area contributed by atoms with Crippen LogP contribution in [0.1, 0.15) is 56.4 Å². The number of rotatable bonds is 11. The Morgan fingerprint density at radius 2 is 1.48 bits per heavy atom. The second kappa shape index (κ2) is 12.0. The van der Waals surface area contributed by atoms with Crippen molar-refractivity contribution in [3.63, 3.8) is 0 Å². The Hall–Kier alpha value is -1.92. The minimum Gasteiger partial charge on any atom is -0.308 e. The van der Waals surface area contributed by atoms with Crippen molar-refractivity contribution < 1.29 is 17.6 Å². The van der Waals surface area contributed by atoms with Crippen LogP contribution in [0.25, 0.3) is 0 Å². The summed E-state index contributed by atoms with van der Waals surface area (Å²) in [4.78, 5) is 4.06. The van der Waals surface area contributed by atoms with E-state index < -0.39 is 17.6 Å². The monoisotopic (exact) mass is 466 g/mol. The smallest absolute Gasteiger partial charge is 0.308 e. The lowest BCUT2D eigenvalue weighted by atomic mass is 9.97. The van der Waals surface area contributed by atoms with Gasteiger partial charge in [-0.2, -0.15) is 13.2 Å². The Balaban J connectivity index is 2.48. The van der Waals surface area contributed by atoms with Crippen LogP contribution in [-0.4, -0.2) is 36.5 Å². The average Bonchev–Trinajstić information content (AvgIpc) is 2.66. The Labute approximate surface area is 196 Å². The van der Waals surface area contributed by atoms with E-state index >= 15 is 0 Å².